The zero-order chi connectivity index (χ0) is 12.8. The maximum Gasteiger partial charge on any atom is 0.0647 e. The van der Waals surface area contributed by atoms with Gasteiger partial charge in [-0.15, -0.1) is 0 Å². The highest BCUT2D eigenvalue weighted by Crippen LogP contribution is 2.23. The lowest BCUT2D eigenvalue weighted by atomic mass is 10.0. The van der Waals surface area contributed by atoms with Crippen molar-refractivity contribution in [3.05, 3.63) is 64.6 Å². The van der Waals surface area contributed by atoms with Crippen molar-refractivity contribution in [3.63, 3.8) is 0 Å². The number of benzene rings is 2. The number of halogens is 1. The van der Waals surface area contributed by atoms with Gasteiger partial charge in [0.1, 0.15) is 0 Å². The minimum atomic E-state index is 0.0253. The predicted molar refractivity (Wildman–Crippen MR) is 77.2 cm³/mol. The van der Waals surface area contributed by atoms with Gasteiger partial charge in [-0.2, -0.15) is 5.26 Å². The monoisotopic (exact) mass is 300 g/mol. The summed E-state index contributed by atoms with van der Waals surface area (Å²) in [5, 5.41) is 12.3. The van der Waals surface area contributed by atoms with E-state index in [0.29, 0.717) is 6.42 Å². The van der Waals surface area contributed by atoms with Gasteiger partial charge < -0.3 is 5.32 Å². The van der Waals surface area contributed by atoms with Crippen LogP contribution in [0.25, 0.3) is 0 Å². The molecule has 0 fully saturated rings. The standard InChI is InChI=1S/C15H13BrN2/c16-13-6-8-14(9-7-13)18-15(10-11-17)12-4-2-1-3-5-12/h1-9,15,18H,10H2. The Morgan fingerprint density at radius 1 is 1.06 bits per heavy atom. The summed E-state index contributed by atoms with van der Waals surface area (Å²) in [6.07, 6.45) is 0.445. The minimum absolute atomic E-state index is 0.0253. The number of rotatable bonds is 4. The second-order valence-corrected chi connectivity index (χ2v) is 4.89. The molecule has 90 valence electrons. The van der Waals surface area contributed by atoms with Gasteiger partial charge in [0, 0.05) is 10.2 Å². The number of nitrogens with one attached hydrogen (secondary N) is 1. The molecule has 2 aromatic rings. The van der Waals surface area contributed by atoms with Crippen molar-refractivity contribution in [2.45, 2.75) is 12.5 Å². The molecule has 0 bridgehead atoms. The quantitative estimate of drug-likeness (QED) is 0.901. The Hall–Kier alpha value is -1.79. The van der Waals surface area contributed by atoms with Crippen LogP contribution in [-0.4, -0.2) is 0 Å². The van der Waals surface area contributed by atoms with E-state index in [1.165, 1.54) is 0 Å². The number of anilines is 1. The Labute approximate surface area is 115 Å². The average molecular weight is 301 g/mol. The topological polar surface area (TPSA) is 35.8 Å². The number of nitrogens with zero attached hydrogens (tertiary/aromatic N) is 1. The zero-order valence-corrected chi connectivity index (χ0v) is 11.4. The largest absolute Gasteiger partial charge is 0.377 e. The first-order chi connectivity index (χ1) is 8.79. The molecule has 2 nitrogen and oxygen atoms in total. The Kier molecular flexibility index (Phi) is 4.38. The summed E-state index contributed by atoms with van der Waals surface area (Å²) >= 11 is 3.41. The number of hydrogen-bond acceptors (Lipinski definition) is 2. The van der Waals surface area contributed by atoms with Crippen LogP contribution in [0.2, 0.25) is 0 Å². The zero-order valence-electron chi connectivity index (χ0n) is 9.81. The molecule has 18 heavy (non-hydrogen) atoms. The molecule has 2 rings (SSSR count). The summed E-state index contributed by atoms with van der Waals surface area (Å²) in [6.45, 7) is 0. The van der Waals surface area contributed by atoms with Crippen molar-refractivity contribution >= 4 is 21.6 Å². The fraction of sp³-hybridized carbons (Fsp3) is 0.133. The average Bonchev–Trinajstić information content (AvgIpc) is 2.42. The van der Waals surface area contributed by atoms with Gasteiger partial charge >= 0.3 is 0 Å². The van der Waals surface area contributed by atoms with Gasteiger partial charge in [0.25, 0.3) is 0 Å². The molecule has 1 atom stereocenters. The second-order valence-electron chi connectivity index (χ2n) is 3.98. The first-order valence-corrected chi connectivity index (χ1v) is 6.53. The molecule has 0 aromatic heterocycles. The first-order valence-electron chi connectivity index (χ1n) is 5.73. The van der Waals surface area contributed by atoms with Gasteiger partial charge in [-0.25, -0.2) is 0 Å². The molecule has 3 heteroatoms. The molecule has 1 unspecified atom stereocenters. The summed E-state index contributed by atoms with van der Waals surface area (Å²) < 4.78 is 1.05. The number of hydrogen-bond donors (Lipinski definition) is 1. The summed E-state index contributed by atoms with van der Waals surface area (Å²) in [5.41, 5.74) is 2.14. The van der Waals surface area contributed by atoms with Crippen LogP contribution >= 0.6 is 15.9 Å². The Bertz CT molecular complexity index is 529. The minimum Gasteiger partial charge on any atom is -0.377 e. The molecule has 0 aliphatic carbocycles. The van der Waals surface area contributed by atoms with Crippen LogP contribution in [0.4, 0.5) is 5.69 Å². The number of nitriles is 1. The third-order valence-corrected chi connectivity index (χ3v) is 3.21. The maximum atomic E-state index is 8.92. The molecular formula is C15H13BrN2. The van der Waals surface area contributed by atoms with E-state index in [-0.39, 0.29) is 6.04 Å². The van der Waals surface area contributed by atoms with Gasteiger partial charge in [0.05, 0.1) is 18.5 Å². The van der Waals surface area contributed by atoms with Crippen LogP contribution in [0.15, 0.2) is 59.1 Å². The maximum absolute atomic E-state index is 8.92. The van der Waals surface area contributed by atoms with E-state index < -0.39 is 0 Å². The summed E-state index contributed by atoms with van der Waals surface area (Å²) in [7, 11) is 0. The van der Waals surface area contributed by atoms with Gasteiger partial charge in [0.15, 0.2) is 0 Å². The van der Waals surface area contributed by atoms with Crippen molar-refractivity contribution in [2.24, 2.45) is 0 Å². The van der Waals surface area contributed by atoms with Crippen molar-refractivity contribution in [2.75, 3.05) is 5.32 Å². The third kappa shape index (κ3) is 3.35. The Balaban J connectivity index is 2.17. The molecule has 0 radical (unpaired) electrons. The molecule has 0 amide bonds. The Morgan fingerprint density at radius 2 is 1.72 bits per heavy atom. The molecule has 0 heterocycles. The predicted octanol–water partition coefficient (Wildman–Crippen LogP) is 4.52. The summed E-state index contributed by atoms with van der Waals surface area (Å²) in [6, 6.07) is 20.2. The molecule has 1 N–H and O–H groups in total. The highest BCUT2D eigenvalue weighted by molar-refractivity contribution is 9.10. The lowest BCUT2D eigenvalue weighted by Crippen LogP contribution is -2.09. The molecule has 0 aliphatic heterocycles. The smallest absolute Gasteiger partial charge is 0.0647 e. The molecule has 2 aromatic carbocycles. The van der Waals surface area contributed by atoms with E-state index >= 15 is 0 Å². The lowest BCUT2D eigenvalue weighted by Gasteiger charge is -2.17. The van der Waals surface area contributed by atoms with E-state index in [2.05, 4.69) is 27.3 Å². The molecule has 0 aliphatic rings. The van der Waals surface area contributed by atoms with E-state index in [1.807, 2.05) is 54.6 Å². The first kappa shape index (κ1) is 12.7. The Morgan fingerprint density at radius 3 is 2.33 bits per heavy atom. The summed E-state index contributed by atoms with van der Waals surface area (Å²) in [5.74, 6) is 0. The third-order valence-electron chi connectivity index (χ3n) is 2.68. The molecular weight excluding hydrogens is 288 g/mol. The van der Waals surface area contributed by atoms with Crippen molar-refractivity contribution < 1.29 is 0 Å². The van der Waals surface area contributed by atoms with Gasteiger partial charge in [-0.05, 0) is 29.8 Å². The lowest BCUT2D eigenvalue weighted by molar-refractivity contribution is 0.806. The fourth-order valence-corrected chi connectivity index (χ4v) is 2.04. The van der Waals surface area contributed by atoms with Crippen molar-refractivity contribution in [1.82, 2.24) is 0 Å². The van der Waals surface area contributed by atoms with Crippen LogP contribution in [0.1, 0.15) is 18.0 Å². The van der Waals surface area contributed by atoms with Crippen LogP contribution in [0.3, 0.4) is 0 Å². The van der Waals surface area contributed by atoms with Gasteiger partial charge in [-0.3, -0.25) is 0 Å². The fourth-order valence-electron chi connectivity index (χ4n) is 1.78. The SMILES string of the molecule is N#CCC(Nc1ccc(Br)cc1)c1ccccc1. The van der Waals surface area contributed by atoms with E-state index in [9.17, 15) is 0 Å². The molecule has 0 saturated heterocycles. The van der Waals surface area contributed by atoms with E-state index in [4.69, 9.17) is 5.26 Å². The van der Waals surface area contributed by atoms with Crippen LogP contribution in [-0.2, 0) is 0 Å². The molecule has 0 saturated carbocycles. The van der Waals surface area contributed by atoms with Crippen LogP contribution in [0, 0.1) is 11.3 Å². The summed E-state index contributed by atoms with van der Waals surface area (Å²) in [4.78, 5) is 0. The highest BCUT2D eigenvalue weighted by Gasteiger charge is 2.10. The highest BCUT2D eigenvalue weighted by atomic mass is 79.9. The van der Waals surface area contributed by atoms with Gasteiger partial charge in [0.2, 0.25) is 0 Å². The van der Waals surface area contributed by atoms with Crippen LogP contribution in [0.5, 0.6) is 0 Å². The van der Waals surface area contributed by atoms with E-state index in [0.717, 1.165) is 15.7 Å². The second kappa shape index (κ2) is 6.23. The molecule has 0 spiro atoms. The normalized spacial score (nSPS) is 11.6. The van der Waals surface area contributed by atoms with Gasteiger partial charge in [-0.1, -0.05) is 46.3 Å². The van der Waals surface area contributed by atoms with Crippen molar-refractivity contribution in [1.29, 1.82) is 5.26 Å². The van der Waals surface area contributed by atoms with Crippen molar-refractivity contribution in [3.8, 4) is 6.07 Å². The van der Waals surface area contributed by atoms with Crippen LogP contribution < -0.4 is 5.32 Å². The van der Waals surface area contributed by atoms with E-state index in [1.54, 1.807) is 0 Å².